The van der Waals surface area contributed by atoms with Gasteiger partial charge >= 0.3 is 24.1 Å². The van der Waals surface area contributed by atoms with Gasteiger partial charge < -0.3 is 68.2 Å². The van der Waals surface area contributed by atoms with E-state index in [1.807, 2.05) is 107 Å². The SMILES string of the molecule is CCC1OC(=O)C(C)C(C(C)C)C(C)C(OC2OC(C)CC(N(C)C)C2P=O)C(C)(O)CC(C)C(=O)C(C)C2N(CCN)C(=O)OC12C.CCC1OC(=O)C(C)C(C(C)C)C(C)C(OC2OC(C)CC(N(C)C)C2P=O)C2(C)CC(C)C3(CCCN4C(=O)OC1(C)C4C3C)O2. The Morgan fingerprint density at radius 1 is 0.653 bits per heavy atom. The quantitative estimate of drug-likeness (QED) is 0.0930. The molecular formula is C71H123N5O17P2. The van der Waals surface area contributed by atoms with Crippen molar-refractivity contribution < 1.29 is 80.8 Å². The van der Waals surface area contributed by atoms with Crippen LogP contribution in [-0.4, -0.2) is 215 Å². The highest BCUT2D eigenvalue weighted by Crippen LogP contribution is 2.59. The molecule has 8 heterocycles. The Bertz CT molecular complexity index is 2690. The maximum absolute atomic E-state index is 14.3. The lowest BCUT2D eigenvalue weighted by Crippen LogP contribution is -2.60. The van der Waals surface area contributed by atoms with Gasteiger partial charge in [-0.3, -0.25) is 28.4 Å². The summed E-state index contributed by atoms with van der Waals surface area (Å²) in [7, 11) is 7.73. The Kier molecular flexibility index (Phi) is 25.9. The second kappa shape index (κ2) is 31.1. The van der Waals surface area contributed by atoms with E-state index in [4.69, 9.17) is 48.4 Å². The average molecular weight is 1380 g/mol. The molecule has 1 spiro atoms. The fraction of sp³-hybridized carbons (Fsp3) is 0.930. The van der Waals surface area contributed by atoms with Crippen LogP contribution in [0.3, 0.4) is 0 Å². The number of aliphatic hydroxyl groups is 1. The number of nitrogens with zero attached hydrogens (tertiary/aromatic N) is 4. The number of amides is 2. The normalized spacial score (nSPS) is 46.4. The smallest absolute Gasteiger partial charge is 0.410 e. The Hall–Kier alpha value is -3.01. The first-order chi connectivity index (χ1) is 44.2. The van der Waals surface area contributed by atoms with E-state index in [0.29, 0.717) is 25.8 Å². The van der Waals surface area contributed by atoms with E-state index in [1.165, 1.54) is 4.90 Å². The molecule has 24 heteroatoms. The van der Waals surface area contributed by atoms with Crippen molar-refractivity contribution >= 4 is 46.8 Å². The van der Waals surface area contributed by atoms with Crippen LogP contribution in [0.1, 0.15) is 190 Å². The van der Waals surface area contributed by atoms with E-state index >= 15 is 0 Å². The van der Waals surface area contributed by atoms with E-state index in [2.05, 4.69) is 46.4 Å². The Morgan fingerprint density at radius 3 is 1.55 bits per heavy atom. The molecule has 0 aromatic heterocycles. The zero-order chi connectivity index (χ0) is 71.3. The van der Waals surface area contributed by atoms with Gasteiger partial charge in [-0.2, -0.15) is 0 Å². The van der Waals surface area contributed by atoms with E-state index in [9.17, 15) is 38.2 Å². The van der Waals surface area contributed by atoms with Crippen molar-refractivity contribution in [2.45, 2.75) is 303 Å². The van der Waals surface area contributed by atoms with Crippen molar-refractivity contribution in [3.63, 3.8) is 0 Å². The standard InChI is InChI=1S/C36H61N2O8P.C35H62N3O9P/c1-13-26-35(10)29-24(8)36(15-14-16-38(29)33(40)45-35)20(4)18-34(9,46-36)30(22(6)27(19(2)3)23(7)31(39)43-26)44-32-28(47-41)25(37(11)12)17-21(5)42-32;1-13-25-35(10)29(38(15-14-36)33(41)47-35)23(8)27(39)19(4)17-34(9,42)30(21(6)26(18(2)3)22(7)31(40)45-25)46-32-28(48-43)24(37(11)12)16-20(5)44-32/h19-30,32H,13-18H2,1-12H3;18-26,28-30,32,42H,13-17,36H2,1-12H3. The Morgan fingerprint density at radius 2 is 1.11 bits per heavy atom. The molecule has 22 nitrogen and oxygen atoms in total. The zero-order valence-corrected chi connectivity index (χ0v) is 63.8. The van der Waals surface area contributed by atoms with Crippen LogP contribution < -0.4 is 5.73 Å². The number of rotatable bonds is 14. The third-order valence-electron chi connectivity index (χ3n) is 24.3. The number of hydrogen-bond acceptors (Lipinski definition) is 20. The number of nitrogens with two attached hydrogens (primary N) is 1. The minimum Gasteiger partial charge on any atom is -0.458 e. The second-order valence-electron chi connectivity index (χ2n) is 32.3. The average Bonchev–Trinajstić information content (AvgIpc) is 1.56. The summed E-state index contributed by atoms with van der Waals surface area (Å²) in [5.41, 5.74) is -0.249. The van der Waals surface area contributed by atoms with Crippen LogP contribution in [0, 0.1) is 71.0 Å². The fourth-order valence-corrected chi connectivity index (χ4v) is 21.7. The molecule has 29 unspecified atom stereocenters. The third kappa shape index (κ3) is 15.3. The van der Waals surface area contributed by atoms with Crippen LogP contribution >= 0.6 is 16.9 Å². The molecule has 8 aliphatic heterocycles. The second-order valence-corrected chi connectivity index (χ2v) is 33.9. The van der Waals surface area contributed by atoms with Gasteiger partial charge in [0.1, 0.15) is 29.3 Å². The number of cyclic esters (lactones) is 2. The Balaban J connectivity index is 0.000000268. The highest BCUT2D eigenvalue weighted by Gasteiger charge is 2.69. The molecule has 8 aliphatic rings. The predicted molar refractivity (Wildman–Crippen MR) is 362 cm³/mol. The topological polar surface area (TPSA) is 262 Å². The zero-order valence-electron chi connectivity index (χ0n) is 62.0. The maximum Gasteiger partial charge on any atom is 0.410 e. The summed E-state index contributed by atoms with van der Waals surface area (Å²) < 4.78 is 84.7. The lowest BCUT2D eigenvalue weighted by atomic mass is 9.67. The highest BCUT2D eigenvalue weighted by atomic mass is 31.1. The molecule has 3 bridgehead atoms. The number of esters is 2. The van der Waals surface area contributed by atoms with Crippen LogP contribution in [0.5, 0.6) is 0 Å². The molecule has 8 saturated heterocycles. The van der Waals surface area contributed by atoms with Crippen LogP contribution in [0.2, 0.25) is 0 Å². The molecule has 95 heavy (non-hydrogen) atoms. The summed E-state index contributed by atoms with van der Waals surface area (Å²) in [4.78, 5) is 76.9. The van der Waals surface area contributed by atoms with Gasteiger partial charge in [0.25, 0.3) is 0 Å². The lowest BCUT2D eigenvalue weighted by Gasteiger charge is -2.49. The molecule has 29 atom stereocenters. The van der Waals surface area contributed by atoms with Gasteiger partial charge in [0.2, 0.25) is 0 Å². The van der Waals surface area contributed by atoms with Crippen molar-refractivity contribution in [2.24, 2.45) is 76.7 Å². The van der Waals surface area contributed by atoms with Gasteiger partial charge in [0.05, 0.1) is 65.1 Å². The summed E-state index contributed by atoms with van der Waals surface area (Å²) in [6, 6.07) is -1.17. The lowest BCUT2D eigenvalue weighted by molar-refractivity contribution is -0.276. The van der Waals surface area contributed by atoms with Crippen LogP contribution in [-0.2, 0) is 66.1 Å². The molecule has 3 N–H and O–H groups in total. The number of hydrogen-bond donors (Lipinski definition) is 2. The van der Waals surface area contributed by atoms with E-state index in [0.717, 1.165) is 25.7 Å². The van der Waals surface area contributed by atoms with Gasteiger partial charge in [-0.1, -0.05) is 96.9 Å². The third-order valence-corrected chi connectivity index (χ3v) is 26.0. The van der Waals surface area contributed by atoms with Crippen molar-refractivity contribution in [3.8, 4) is 0 Å². The molecule has 0 aromatic rings. The molecule has 8 fully saturated rings. The number of Topliss-reactive ketones (excluding diaryl/α,β-unsaturated/α-hetero) is 1. The molecule has 0 aromatic carbocycles. The van der Waals surface area contributed by atoms with E-state index in [-0.39, 0.29) is 132 Å². The van der Waals surface area contributed by atoms with Gasteiger partial charge in [-0.05, 0) is 163 Å². The van der Waals surface area contributed by atoms with E-state index in [1.54, 1.807) is 27.7 Å². The number of carbonyl (C=O) groups is 5. The first-order valence-electron chi connectivity index (χ1n) is 35.9. The first-order valence-corrected chi connectivity index (χ1v) is 37.6. The van der Waals surface area contributed by atoms with Gasteiger partial charge in [0, 0.05) is 49.5 Å². The molecule has 544 valence electrons. The number of ether oxygens (including phenoxy) is 9. The molecule has 2 amide bonds. The molecular weight excluding hydrogens is 1260 g/mol. The minimum absolute atomic E-state index is 0.0155. The number of fused-ring (bicyclic) bond motifs is 2. The fourth-order valence-electron chi connectivity index (χ4n) is 20.1. The summed E-state index contributed by atoms with van der Waals surface area (Å²) in [5, 5.41) is 12.4. The monoisotopic (exact) mass is 1380 g/mol. The number of carbonyl (C=O) groups excluding carboxylic acids is 5. The largest absolute Gasteiger partial charge is 0.458 e. The van der Waals surface area contributed by atoms with Crippen molar-refractivity contribution in [1.82, 2.24) is 19.6 Å². The highest BCUT2D eigenvalue weighted by molar-refractivity contribution is 7.25. The van der Waals surface area contributed by atoms with Crippen molar-refractivity contribution in [3.05, 3.63) is 0 Å². The molecule has 0 radical (unpaired) electrons. The molecule has 0 saturated carbocycles. The van der Waals surface area contributed by atoms with Crippen LogP contribution in [0.15, 0.2) is 0 Å². The first kappa shape index (κ1) is 79.3. The Labute approximate surface area is 571 Å². The van der Waals surface area contributed by atoms with Gasteiger partial charge in [-0.25, -0.2) is 9.59 Å². The predicted octanol–water partition coefficient (Wildman–Crippen LogP) is 11.0. The summed E-state index contributed by atoms with van der Waals surface area (Å²) >= 11 is 0. The van der Waals surface area contributed by atoms with Gasteiger partial charge in [0.15, 0.2) is 40.7 Å². The number of ketones is 1. The van der Waals surface area contributed by atoms with E-state index < -0.39 is 118 Å². The van der Waals surface area contributed by atoms with Crippen molar-refractivity contribution in [1.29, 1.82) is 0 Å². The summed E-state index contributed by atoms with van der Waals surface area (Å²) in [5.74, 6) is -4.33. The maximum atomic E-state index is 14.3. The summed E-state index contributed by atoms with van der Waals surface area (Å²) in [6.45, 7) is 40.5. The van der Waals surface area contributed by atoms with Gasteiger partial charge in [-0.15, -0.1) is 0 Å². The van der Waals surface area contributed by atoms with Crippen LogP contribution in [0.25, 0.3) is 0 Å². The summed E-state index contributed by atoms with van der Waals surface area (Å²) in [6.07, 6.45) is -1.01. The molecule has 8 rings (SSSR count). The minimum atomic E-state index is -1.58. The van der Waals surface area contributed by atoms with Crippen LogP contribution in [0.4, 0.5) is 9.59 Å². The van der Waals surface area contributed by atoms with Crippen molar-refractivity contribution in [2.75, 3.05) is 47.8 Å². The molecule has 0 aliphatic carbocycles.